The minimum atomic E-state index is 0.206. The maximum absolute atomic E-state index is 5.63. The topological polar surface area (TPSA) is 64.3 Å². The van der Waals surface area contributed by atoms with Gasteiger partial charge in [0, 0.05) is 12.6 Å². The van der Waals surface area contributed by atoms with Crippen LogP contribution in [-0.4, -0.2) is 30.2 Å². The molecule has 90 valence electrons. The number of hydrogen-bond donors (Lipinski definition) is 1. The van der Waals surface area contributed by atoms with Gasteiger partial charge in [0.05, 0.1) is 13.7 Å². The van der Waals surface area contributed by atoms with Crippen LogP contribution < -0.4 is 15.4 Å². The Morgan fingerprint density at radius 3 is 2.94 bits per heavy atom. The van der Waals surface area contributed by atoms with Gasteiger partial charge in [-0.25, -0.2) is 0 Å². The summed E-state index contributed by atoms with van der Waals surface area (Å²) < 4.78 is 5.08. The molecular weight excluding hydrogens is 216 g/mol. The zero-order valence-corrected chi connectivity index (χ0v) is 9.89. The number of rotatable bonds is 5. The Morgan fingerprint density at radius 2 is 2.35 bits per heavy atom. The van der Waals surface area contributed by atoms with Crippen LogP contribution in [0.2, 0.25) is 0 Å². The molecule has 0 aliphatic heterocycles. The van der Waals surface area contributed by atoms with Crippen molar-refractivity contribution in [1.29, 1.82) is 0 Å². The van der Waals surface area contributed by atoms with Crippen LogP contribution in [-0.2, 0) is 0 Å². The van der Waals surface area contributed by atoms with E-state index in [4.69, 9.17) is 16.9 Å². The third-order valence-corrected chi connectivity index (χ3v) is 2.70. The first-order valence-electron chi connectivity index (χ1n) is 5.60. The van der Waals surface area contributed by atoms with Crippen molar-refractivity contribution >= 4 is 11.8 Å². The lowest BCUT2D eigenvalue weighted by atomic mass is 10.3. The SMILES string of the molecule is C#CCN(CC1CC1)c1cc(OC)nc(N)n1. The summed E-state index contributed by atoms with van der Waals surface area (Å²) in [4.78, 5) is 10.2. The molecule has 0 amide bonds. The maximum atomic E-state index is 5.63. The van der Waals surface area contributed by atoms with Gasteiger partial charge in [0.25, 0.3) is 0 Å². The van der Waals surface area contributed by atoms with Crippen molar-refractivity contribution in [2.45, 2.75) is 12.8 Å². The first-order valence-corrected chi connectivity index (χ1v) is 5.60. The molecule has 17 heavy (non-hydrogen) atoms. The predicted molar refractivity (Wildman–Crippen MR) is 66.8 cm³/mol. The van der Waals surface area contributed by atoms with Crippen LogP contribution in [0.5, 0.6) is 5.88 Å². The van der Waals surface area contributed by atoms with Gasteiger partial charge in [-0.05, 0) is 18.8 Å². The predicted octanol–water partition coefficient (Wildman–Crippen LogP) is 0.917. The van der Waals surface area contributed by atoms with Crippen LogP contribution in [0, 0.1) is 18.3 Å². The fourth-order valence-corrected chi connectivity index (χ4v) is 1.66. The van der Waals surface area contributed by atoms with E-state index in [1.165, 1.54) is 12.8 Å². The summed E-state index contributed by atoms with van der Waals surface area (Å²) in [5.41, 5.74) is 5.63. The van der Waals surface area contributed by atoms with Crippen molar-refractivity contribution in [1.82, 2.24) is 9.97 Å². The monoisotopic (exact) mass is 232 g/mol. The second-order valence-electron chi connectivity index (χ2n) is 4.15. The van der Waals surface area contributed by atoms with Gasteiger partial charge in [-0.2, -0.15) is 9.97 Å². The van der Waals surface area contributed by atoms with Crippen molar-refractivity contribution in [3.05, 3.63) is 6.07 Å². The highest BCUT2D eigenvalue weighted by Crippen LogP contribution is 2.31. The molecule has 0 bridgehead atoms. The molecule has 1 aliphatic carbocycles. The number of anilines is 2. The lowest BCUT2D eigenvalue weighted by Gasteiger charge is -2.21. The number of nitrogens with two attached hydrogens (primary N) is 1. The number of nitrogens with zero attached hydrogens (tertiary/aromatic N) is 3. The molecule has 0 saturated heterocycles. The largest absolute Gasteiger partial charge is 0.481 e. The van der Waals surface area contributed by atoms with E-state index in [-0.39, 0.29) is 5.95 Å². The molecule has 0 aromatic carbocycles. The number of nitrogen functional groups attached to an aromatic ring is 1. The smallest absolute Gasteiger partial charge is 0.225 e. The van der Waals surface area contributed by atoms with Gasteiger partial charge >= 0.3 is 0 Å². The summed E-state index contributed by atoms with van der Waals surface area (Å²) in [5, 5.41) is 0. The Hall–Kier alpha value is -1.96. The number of terminal acetylenes is 1. The van der Waals surface area contributed by atoms with Gasteiger partial charge < -0.3 is 15.4 Å². The summed E-state index contributed by atoms with van der Waals surface area (Å²) in [5.74, 6) is 4.77. The molecule has 5 heteroatoms. The van der Waals surface area contributed by atoms with E-state index in [0.29, 0.717) is 12.4 Å². The Balaban J connectivity index is 2.20. The Morgan fingerprint density at radius 1 is 1.59 bits per heavy atom. The van der Waals surface area contributed by atoms with Crippen molar-refractivity contribution in [2.24, 2.45) is 5.92 Å². The fourth-order valence-electron chi connectivity index (χ4n) is 1.66. The fraction of sp³-hybridized carbons (Fsp3) is 0.500. The van der Waals surface area contributed by atoms with E-state index in [1.807, 2.05) is 4.90 Å². The average Bonchev–Trinajstić information content (AvgIpc) is 3.11. The van der Waals surface area contributed by atoms with Crippen LogP contribution in [0.15, 0.2) is 6.07 Å². The van der Waals surface area contributed by atoms with Crippen LogP contribution in [0.4, 0.5) is 11.8 Å². The molecule has 0 atom stereocenters. The van der Waals surface area contributed by atoms with E-state index < -0.39 is 0 Å². The quantitative estimate of drug-likeness (QED) is 0.765. The summed E-state index contributed by atoms with van der Waals surface area (Å²) in [7, 11) is 1.55. The molecule has 2 N–H and O–H groups in total. The minimum absolute atomic E-state index is 0.206. The molecule has 1 heterocycles. The van der Waals surface area contributed by atoms with E-state index in [2.05, 4.69) is 15.9 Å². The van der Waals surface area contributed by atoms with Crippen molar-refractivity contribution < 1.29 is 4.74 Å². The third kappa shape index (κ3) is 3.00. The van der Waals surface area contributed by atoms with Gasteiger partial charge in [0.2, 0.25) is 11.8 Å². The summed E-state index contributed by atoms with van der Waals surface area (Å²) in [6.45, 7) is 1.44. The van der Waals surface area contributed by atoms with Crippen molar-refractivity contribution in [2.75, 3.05) is 30.8 Å². The summed E-state index contributed by atoms with van der Waals surface area (Å²) >= 11 is 0. The number of methoxy groups -OCH3 is 1. The highest BCUT2D eigenvalue weighted by Gasteiger charge is 2.25. The van der Waals surface area contributed by atoms with Crippen LogP contribution >= 0.6 is 0 Å². The summed E-state index contributed by atoms with van der Waals surface area (Å²) in [6.07, 6.45) is 7.90. The second kappa shape index (κ2) is 4.91. The summed E-state index contributed by atoms with van der Waals surface area (Å²) in [6, 6.07) is 1.76. The Kier molecular flexibility index (Phi) is 3.33. The first-order chi connectivity index (χ1) is 8.22. The molecule has 1 aliphatic rings. The molecule has 1 fully saturated rings. The second-order valence-corrected chi connectivity index (χ2v) is 4.15. The molecule has 0 spiro atoms. The molecule has 0 radical (unpaired) electrons. The van der Waals surface area contributed by atoms with E-state index in [0.717, 1.165) is 18.3 Å². The standard InChI is InChI=1S/C12H16N4O/c1-3-6-16(8-9-4-5-9)10-7-11(17-2)15-12(13)14-10/h1,7,9H,4-6,8H2,2H3,(H2,13,14,15). The van der Waals surface area contributed by atoms with Gasteiger partial charge in [-0.3, -0.25) is 0 Å². The third-order valence-electron chi connectivity index (χ3n) is 2.70. The molecule has 1 aromatic heterocycles. The number of aromatic nitrogens is 2. The van der Waals surface area contributed by atoms with E-state index in [1.54, 1.807) is 13.2 Å². The maximum Gasteiger partial charge on any atom is 0.225 e. The number of hydrogen-bond acceptors (Lipinski definition) is 5. The molecule has 0 unspecified atom stereocenters. The van der Waals surface area contributed by atoms with E-state index in [9.17, 15) is 0 Å². The van der Waals surface area contributed by atoms with Crippen molar-refractivity contribution in [3.8, 4) is 18.2 Å². The van der Waals surface area contributed by atoms with E-state index >= 15 is 0 Å². The highest BCUT2D eigenvalue weighted by atomic mass is 16.5. The van der Waals surface area contributed by atoms with Crippen molar-refractivity contribution in [3.63, 3.8) is 0 Å². The van der Waals surface area contributed by atoms with Crippen LogP contribution in [0.1, 0.15) is 12.8 Å². The molecule has 5 nitrogen and oxygen atoms in total. The van der Waals surface area contributed by atoms with Gasteiger partial charge in [0.1, 0.15) is 5.82 Å². The van der Waals surface area contributed by atoms with Gasteiger partial charge in [0.15, 0.2) is 0 Å². The normalized spacial score (nSPS) is 14.1. The molecular formula is C12H16N4O. The first kappa shape index (κ1) is 11.5. The zero-order valence-electron chi connectivity index (χ0n) is 9.89. The molecule has 2 rings (SSSR count). The van der Waals surface area contributed by atoms with Gasteiger partial charge in [-0.1, -0.05) is 5.92 Å². The zero-order chi connectivity index (χ0) is 12.3. The van der Waals surface area contributed by atoms with Crippen LogP contribution in [0.25, 0.3) is 0 Å². The van der Waals surface area contributed by atoms with Gasteiger partial charge in [-0.15, -0.1) is 6.42 Å². The lowest BCUT2D eigenvalue weighted by molar-refractivity contribution is 0.397. The Bertz CT molecular complexity index is 437. The van der Waals surface area contributed by atoms with Crippen LogP contribution in [0.3, 0.4) is 0 Å². The highest BCUT2D eigenvalue weighted by molar-refractivity contribution is 5.46. The Labute approximate surface area is 101 Å². The molecule has 1 saturated carbocycles. The average molecular weight is 232 g/mol. The molecule has 1 aromatic rings. The minimum Gasteiger partial charge on any atom is -0.481 e. The number of ether oxygens (including phenoxy) is 1. The lowest BCUT2D eigenvalue weighted by Crippen LogP contribution is -2.27.